The van der Waals surface area contributed by atoms with Crippen LogP contribution in [0.5, 0.6) is 0 Å². The zero-order valence-electron chi connectivity index (χ0n) is 9.01. The van der Waals surface area contributed by atoms with E-state index in [0.717, 1.165) is 32.1 Å². The molecule has 0 aliphatic heterocycles. The van der Waals surface area contributed by atoms with Crippen molar-refractivity contribution in [2.45, 2.75) is 39.5 Å². The highest BCUT2D eigenvalue weighted by molar-refractivity contribution is 4.91. The van der Waals surface area contributed by atoms with Crippen molar-refractivity contribution in [3.8, 4) is 0 Å². The number of nitrogens with two attached hydrogens (primary N) is 1. The van der Waals surface area contributed by atoms with Crippen molar-refractivity contribution in [1.82, 2.24) is 0 Å². The summed E-state index contributed by atoms with van der Waals surface area (Å²) >= 11 is 0. The Kier molecular flexibility index (Phi) is 4.20. The van der Waals surface area contributed by atoms with Crippen molar-refractivity contribution < 1.29 is 4.74 Å². The van der Waals surface area contributed by atoms with Gasteiger partial charge in [-0.1, -0.05) is 6.92 Å². The Bertz CT molecular complexity index is 145. The smallest absolute Gasteiger partial charge is 0.0466 e. The SMILES string of the molecule is CCOCCCC(C)(CN)C1CC1. The molecule has 13 heavy (non-hydrogen) atoms. The van der Waals surface area contributed by atoms with E-state index in [0.29, 0.717) is 5.41 Å². The standard InChI is InChI=1S/C11H23NO/c1-3-13-8-4-7-11(2,9-12)10-5-6-10/h10H,3-9,12H2,1-2H3. The molecule has 0 aromatic carbocycles. The van der Waals surface area contributed by atoms with Crippen LogP contribution in [0.3, 0.4) is 0 Å². The van der Waals surface area contributed by atoms with E-state index in [2.05, 4.69) is 6.92 Å². The maximum atomic E-state index is 5.82. The zero-order valence-corrected chi connectivity index (χ0v) is 9.01. The summed E-state index contributed by atoms with van der Waals surface area (Å²) in [6, 6.07) is 0. The van der Waals surface area contributed by atoms with Crippen LogP contribution >= 0.6 is 0 Å². The first kappa shape index (κ1) is 11.0. The average Bonchev–Trinajstić information content (AvgIpc) is 2.95. The molecule has 0 radical (unpaired) electrons. The lowest BCUT2D eigenvalue weighted by molar-refractivity contribution is 0.126. The van der Waals surface area contributed by atoms with Crippen molar-refractivity contribution in [2.75, 3.05) is 19.8 Å². The van der Waals surface area contributed by atoms with Crippen LogP contribution in [0.2, 0.25) is 0 Å². The lowest BCUT2D eigenvalue weighted by Gasteiger charge is -2.27. The molecule has 0 heterocycles. The molecule has 0 saturated heterocycles. The van der Waals surface area contributed by atoms with E-state index in [1.54, 1.807) is 0 Å². The Morgan fingerprint density at radius 2 is 2.15 bits per heavy atom. The van der Waals surface area contributed by atoms with E-state index in [-0.39, 0.29) is 0 Å². The van der Waals surface area contributed by atoms with Crippen LogP contribution in [0.25, 0.3) is 0 Å². The van der Waals surface area contributed by atoms with Gasteiger partial charge in [-0.05, 0) is 50.5 Å². The predicted octanol–water partition coefficient (Wildman–Crippen LogP) is 2.18. The van der Waals surface area contributed by atoms with E-state index in [1.807, 2.05) is 6.92 Å². The maximum absolute atomic E-state index is 5.82. The van der Waals surface area contributed by atoms with E-state index >= 15 is 0 Å². The third-order valence-corrected chi connectivity index (χ3v) is 3.27. The predicted molar refractivity (Wildman–Crippen MR) is 55.6 cm³/mol. The molecule has 0 amide bonds. The third kappa shape index (κ3) is 3.28. The van der Waals surface area contributed by atoms with Gasteiger partial charge in [-0.15, -0.1) is 0 Å². The Morgan fingerprint density at radius 3 is 2.62 bits per heavy atom. The van der Waals surface area contributed by atoms with Crippen molar-refractivity contribution >= 4 is 0 Å². The fraction of sp³-hybridized carbons (Fsp3) is 1.00. The minimum absolute atomic E-state index is 0.400. The summed E-state index contributed by atoms with van der Waals surface area (Å²) in [5.74, 6) is 0.902. The fourth-order valence-electron chi connectivity index (χ4n) is 1.98. The highest BCUT2D eigenvalue weighted by Gasteiger charge is 2.39. The fourth-order valence-corrected chi connectivity index (χ4v) is 1.98. The van der Waals surface area contributed by atoms with E-state index in [1.165, 1.54) is 19.3 Å². The summed E-state index contributed by atoms with van der Waals surface area (Å²) in [4.78, 5) is 0. The van der Waals surface area contributed by atoms with Crippen LogP contribution in [-0.2, 0) is 4.74 Å². The molecule has 1 atom stereocenters. The quantitative estimate of drug-likeness (QED) is 0.617. The zero-order chi connectivity index (χ0) is 9.73. The molecule has 2 N–H and O–H groups in total. The van der Waals surface area contributed by atoms with Crippen molar-refractivity contribution in [3.63, 3.8) is 0 Å². The minimum Gasteiger partial charge on any atom is -0.382 e. The average molecular weight is 185 g/mol. The molecule has 0 aromatic heterocycles. The van der Waals surface area contributed by atoms with Gasteiger partial charge in [-0.3, -0.25) is 0 Å². The van der Waals surface area contributed by atoms with Gasteiger partial charge in [0.15, 0.2) is 0 Å². The molecule has 1 aliphatic carbocycles. The Labute approximate surface area is 81.8 Å². The summed E-state index contributed by atoms with van der Waals surface area (Å²) in [7, 11) is 0. The lowest BCUT2D eigenvalue weighted by Crippen LogP contribution is -2.29. The maximum Gasteiger partial charge on any atom is 0.0466 e. The first-order valence-electron chi connectivity index (χ1n) is 5.50. The number of hydrogen-bond donors (Lipinski definition) is 1. The Hall–Kier alpha value is -0.0800. The first-order valence-corrected chi connectivity index (χ1v) is 5.50. The Balaban J connectivity index is 2.15. The molecule has 1 rings (SSSR count). The van der Waals surface area contributed by atoms with Crippen LogP contribution in [0, 0.1) is 11.3 Å². The molecule has 78 valence electrons. The van der Waals surface area contributed by atoms with Gasteiger partial charge in [-0.25, -0.2) is 0 Å². The van der Waals surface area contributed by atoms with Gasteiger partial charge in [0.2, 0.25) is 0 Å². The van der Waals surface area contributed by atoms with Crippen LogP contribution in [0.1, 0.15) is 39.5 Å². The molecule has 1 fully saturated rings. The summed E-state index contributed by atoms with van der Waals surface area (Å²) < 4.78 is 5.33. The first-order chi connectivity index (χ1) is 6.23. The molecule has 0 spiro atoms. The van der Waals surface area contributed by atoms with Crippen LogP contribution in [0.4, 0.5) is 0 Å². The van der Waals surface area contributed by atoms with E-state index in [4.69, 9.17) is 10.5 Å². The summed E-state index contributed by atoms with van der Waals surface area (Å²) in [5, 5.41) is 0. The van der Waals surface area contributed by atoms with Gasteiger partial charge in [0.05, 0.1) is 0 Å². The van der Waals surface area contributed by atoms with Crippen molar-refractivity contribution in [1.29, 1.82) is 0 Å². The molecule has 0 aromatic rings. The van der Waals surface area contributed by atoms with Gasteiger partial charge in [0.25, 0.3) is 0 Å². The molecule has 1 saturated carbocycles. The lowest BCUT2D eigenvalue weighted by atomic mass is 9.80. The largest absolute Gasteiger partial charge is 0.382 e. The molecule has 0 bridgehead atoms. The van der Waals surface area contributed by atoms with Gasteiger partial charge >= 0.3 is 0 Å². The van der Waals surface area contributed by atoms with Gasteiger partial charge in [-0.2, -0.15) is 0 Å². The van der Waals surface area contributed by atoms with Crippen molar-refractivity contribution in [3.05, 3.63) is 0 Å². The Morgan fingerprint density at radius 1 is 1.46 bits per heavy atom. The molecular formula is C11H23NO. The van der Waals surface area contributed by atoms with Gasteiger partial charge in [0, 0.05) is 13.2 Å². The number of ether oxygens (including phenoxy) is 1. The molecule has 2 nitrogen and oxygen atoms in total. The second kappa shape index (κ2) is 4.97. The summed E-state index contributed by atoms with van der Waals surface area (Å²) in [6.45, 7) is 6.95. The van der Waals surface area contributed by atoms with Crippen LogP contribution in [-0.4, -0.2) is 19.8 Å². The van der Waals surface area contributed by atoms with Crippen LogP contribution < -0.4 is 5.73 Å². The molecular weight excluding hydrogens is 162 g/mol. The molecule has 2 heteroatoms. The van der Waals surface area contributed by atoms with E-state index < -0.39 is 0 Å². The van der Waals surface area contributed by atoms with E-state index in [9.17, 15) is 0 Å². The minimum atomic E-state index is 0.400. The highest BCUT2D eigenvalue weighted by atomic mass is 16.5. The molecule has 1 aliphatic rings. The van der Waals surface area contributed by atoms with Crippen LogP contribution in [0.15, 0.2) is 0 Å². The van der Waals surface area contributed by atoms with Gasteiger partial charge in [0.1, 0.15) is 0 Å². The second-order valence-electron chi connectivity index (χ2n) is 4.43. The topological polar surface area (TPSA) is 35.2 Å². The van der Waals surface area contributed by atoms with Crippen molar-refractivity contribution in [2.24, 2.45) is 17.1 Å². The third-order valence-electron chi connectivity index (χ3n) is 3.27. The summed E-state index contributed by atoms with van der Waals surface area (Å²) in [6.07, 6.45) is 5.18. The van der Waals surface area contributed by atoms with Gasteiger partial charge < -0.3 is 10.5 Å². The second-order valence-corrected chi connectivity index (χ2v) is 4.43. The summed E-state index contributed by atoms with van der Waals surface area (Å²) in [5.41, 5.74) is 6.22. The monoisotopic (exact) mass is 185 g/mol. The number of hydrogen-bond acceptors (Lipinski definition) is 2. The molecule has 1 unspecified atom stereocenters. The number of rotatable bonds is 7. The normalized spacial score (nSPS) is 21.5. The highest BCUT2D eigenvalue weighted by Crippen LogP contribution is 2.47.